The fourth-order valence-corrected chi connectivity index (χ4v) is 4.93. The summed E-state index contributed by atoms with van der Waals surface area (Å²) in [5.41, 5.74) is 0. The third kappa shape index (κ3) is 2.43. The van der Waals surface area contributed by atoms with E-state index in [-0.39, 0.29) is 15.1 Å². The maximum atomic E-state index is 12.3. The van der Waals surface area contributed by atoms with Crippen LogP contribution >= 0.6 is 11.3 Å². The number of hydrogen-bond acceptors (Lipinski definition) is 4. The Bertz CT molecular complexity index is 543. The monoisotopic (exact) mass is 289 g/mol. The van der Waals surface area contributed by atoms with Crippen LogP contribution in [0.1, 0.15) is 35.4 Å². The highest BCUT2D eigenvalue weighted by atomic mass is 32.2. The van der Waals surface area contributed by atoms with Gasteiger partial charge >= 0.3 is 5.97 Å². The summed E-state index contributed by atoms with van der Waals surface area (Å²) >= 11 is 0.806. The molecule has 5 nitrogen and oxygen atoms in total. The smallest absolute Gasteiger partial charge is 0.345 e. The Morgan fingerprint density at radius 1 is 1.39 bits per heavy atom. The number of nitrogens with zero attached hydrogens (tertiary/aromatic N) is 1. The van der Waals surface area contributed by atoms with Crippen molar-refractivity contribution in [3.8, 4) is 0 Å². The second-order valence-corrected chi connectivity index (χ2v) is 7.69. The average Bonchev–Trinajstić information content (AvgIpc) is 2.99. The van der Waals surface area contributed by atoms with Gasteiger partial charge in [-0.3, -0.25) is 0 Å². The minimum atomic E-state index is -3.55. The van der Waals surface area contributed by atoms with Gasteiger partial charge in [0.05, 0.1) is 0 Å². The van der Waals surface area contributed by atoms with Crippen molar-refractivity contribution in [2.45, 2.75) is 35.9 Å². The number of rotatable bonds is 4. The molecule has 2 rings (SSSR count). The van der Waals surface area contributed by atoms with Gasteiger partial charge < -0.3 is 5.11 Å². The molecule has 0 aliphatic heterocycles. The van der Waals surface area contributed by atoms with E-state index in [9.17, 15) is 13.2 Å². The lowest BCUT2D eigenvalue weighted by atomic mass is 10.3. The standard InChI is InChI=1S/C11H15NO4S2/c1-12(8-4-2-3-5-8)18(15,16)10-7-6-9(17-10)11(13)14/h6-8H,2-5H2,1H3,(H,13,14). The van der Waals surface area contributed by atoms with Gasteiger partial charge in [-0.1, -0.05) is 12.8 Å². The van der Waals surface area contributed by atoms with Gasteiger partial charge in [0, 0.05) is 13.1 Å². The molecule has 0 aromatic carbocycles. The summed E-state index contributed by atoms with van der Waals surface area (Å²) in [6, 6.07) is 2.75. The summed E-state index contributed by atoms with van der Waals surface area (Å²) in [5, 5.41) is 8.82. The van der Waals surface area contributed by atoms with E-state index in [0.717, 1.165) is 37.0 Å². The first-order valence-corrected chi connectivity index (χ1v) is 8.00. The van der Waals surface area contributed by atoms with Gasteiger partial charge in [0.1, 0.15) is 9.09 Å². The number of hydrogen-bond donors (Lipinski definition) is 1. The summed E-state index contributed by atoms with van der Waals surface area (Å²) in [5.74, 6) is -1.09. The highest BCUT2D eigenvalue weighted by molar-refractivity contribution is 7.91. The normalized spacial score (nSPS) is 17.4. The molecule has 1 N–H and O–H groups in total. The van der Waals surface area contributed by atoms with Crippen LogP contribution in [0, 0.1) is 0 Å². The Balaban J connectivity index is 2.26. The molecule has 1 aliphatic rings. The van der Waals surface area contributed by atoms with Crippen LogP contribution < -0.4 is 0 Å². The van der Waals surface area contributed by atoms with E-state index in [1.807, 2.05) is 0 Å². The van der Waals surface area contributed by atoms with Crippen LogP contribution in [0.25, 0.3) is 0 Å². The van der Waals surface area contributed by atoms with Gasteiger partial charge in [-0.2, -0.15) is 4.31 Å². The van der Waals surface area contributed by atoms with E-state index in [1.54, 1.807) is 7.05 Å². The first kappa shape index (κ1) is 13.5. The van der Waals surface area contributed by atoms with E-state index in [0.29, 0.717) is 0 Å². The van der Waals surface area contributed by atoms with Crippen LogP contribution in [0.15, 0.2) is 16.3 Å². The van der Waals surface area contributed by atoms with Gasteiger partial charge in [-0.05, 0) is 25.0 Å². The first-order chi connectivity index (χ1) is 8.43. The lowest BCUT2D eigenvalue weighted by molar-refractivity contribution is 0.0702. The topological polar surface area (TPSA) is 74.7 Å². The van der Waals surface area contributed by atoms with Crippen molar-refractivity contribution in [1.82, 2.24) is 4.31 Å². The molecule has 0 bridgehead atoms. The number of carboxylic acid groups (broad SMARTS) is 1. The van der Waals surface area contributed by atoms with Gasteiger partial charge in [0.15, 0.2) is 0 Å². The van der Waals surface area contributed by atoms with Crippen molar-refractivity contribution in [1.29, 1.82) is 0 Å². The highest BCUT2D eigenvalue weighted by Gasteiger charge is 2.31. The molecule has 0 spiro atoms. The van der Waals surface area contributed by atoms with Crippen molar-refractivity contribution in [3.05, 3.63) is 17.0 Å². The number of carbonyl (C=O) groups is 1. The van der Waals surface area contributed by atoms with Gasteiger partial charge in [0.2, 0.25) is 0 Å². The fourth-order valence-electron chi connectivity index (χ4n) is 2.18. The van der Waals surface area contributed by atoms with Crippen LogP contribution in [0.5, 0.6) is 0 Å². The Morgan fingerprint density at radius 3 is 2.50 bits per heavy atom. The van der Waals surface area contributed by atoms with E-state index < -0.39 is 16.0 Å². The van der Waals surface area contributed by atoms with Crippen LogP contribution in [-0.4, -0.2) is 36.9 Å². The molecule has 0 unspecified atom stereocenters. The first-order valence-electron chi connectivity index (χ1n) is 5.74. The van der Waals surface area contributed by atoms with E-state index in [4.69, 9.17) is 5.11 Å². The van der Waals surface area contributed by atoms with Crippen LogP contribution in [-0.2, 0) is 10.0 Å². The molecule has 1 aromatic heterocycles. The lowest BCUT2D eigenvalue weighted by Gasteiger charge is -2.22. The molecule has 7 heteroatoms. The Labute approximate surface area is 110 Å². The number of sulfonamides is 1. The highest BCUT2D eigenvalue weighted by Crippen LogP contribution is 2.30. The minimum absolute atomic E-state index is 0.0466. The third-order valence-electron chi connectivity index (χ3n) is 3.26. The predicted octanol–water partition coefficient (Wildman–Crippen LogP) is 2.01. The SMILES string of the molecule is CN(C1CCCC1)S(=O)(=O)c1ccc(C(=O)O)s1. The summed E-state index contributed by atoms with van der Waals surface area (Å²) in [7, 11) is -1.97. The Kier molecular flexibility index (Phi) is 3.74. The quantitative estimate of drug-likeness (QED) is 0.920. The molecule has 1 aliphatic carbocycles. The number of thiophene rings is 1. The zero-order chi connectivity index (χ0) is 13.3. The molecule has 1 aromatic rings. The third-order valence-corrected chi connectivity index (χ3v) is 6.72. The van der Waals surface area contributed by atoms with Crippen molar-refractivity contribution in [2.24, 2.45) is 0 Å². The number of carboxylic acids is 1. The molecule has 100 valence electrons. The summed E-state index contributed by atoms with van der Waals surface area (Å²) in [4.78, 5) is 10.8. The van der Waals surface area contributed by atoms with Crippen molar-refractivity contribution >= 4 is 27.3 Å². The van der Waals surface area contributed by atoms with Crippen molar-refractivity contribution in [2.75, 3.05) is 7.05 Å². The van der Waals surface area contributed by atoms with Crippen LogP contribution in [0.4, 0.5) is 0 Å². The average molecular weight is 289 g/mol. The predicted molar refractivity (Wildman–Crippen MR) is 68.5 cm³/mol. The number of aromatic carboxylic acids is 1. The lowest BCUT2D eigenvalue weighted by Crippen LogP contribution is -2.34. The fraction of sp³-hybridized carbons (Fsp3) is 0.545. The Morgan fingerprint density at radius 2 is 2.00 bits per heavy atom. The van der Waals surface area contributed by atoms with E-state index in [1.165, 1.54) is 16.4 Å². The molecule has 1 fully saturated rings. The zero-order valence-corrected chi connectivity index (χ0v) is 11.6. The van der Waals surface area contributed by atoms with Gasteiger partial charge in [-0.15, -0.1) is 11.3 Å². The molecular weight excluding hydrogens is 274 g/mol. The molecule has 0 amide bonds. The molecular formula is C11H15NO4S2. The maximum Gasteiger partial charge on any atom is 0.345 e. The molecule has 1 saturated carbocycles. The maximum absolute atomic E-state index is 12.3. The summed E-state index contributed by atoms with van der Waals surface area (Å²) in [6.07, 6.45) is 3.87. The molecule has 18 heavy (non-hydrogen) atoms. The van der Waals surface area contributed by atoms with Crippen molar-refractivity contribution in [3.63, 3.8) is 0 Å². The van der Waals surface area contributed by atoms with Crippen LogP contribution in [0.2, 0.25) is 0 Å². The van der Waals surface area contributed by atoms with E-state index in [2.05, 4.69) is 0 Å². The zero-order valence-electron chi connectivity index (χ0n) is 10.00. The molecule has 0 saturated heterocycles. The van der Waals surface area contributed by atoms with Crippen LogP contribution in [0.3, 0.4) is 0 Å². The van der Waals surface area contributed by atoms with Crippen molar-refractivity contribution < 1.29 is 18.3 Å². The molecule has 0 radical (unpaired) electrons. The second kappa shape index (κ2) is 4.99. The second-order valence-electron chi connectivity index (χ2n) is 4.38. The minimum Gasteiger partial charge on any atom is -0.477 e. The summed E-state index contributed by atoms with van der Waals surface area (Å²) < 4.78 is 26.1. The van der Waals surface area contributed by atoms with Gasteiger partial charge in [0.25, 0.3) is 10.0 Å². The van der Waals surface area contributed by atoms with Gasteiger partial charge in [-0.25, -0.2) is 13.2 Å². The Hall–Kier alpha value is -0.920. The molecule has 0 atom stereocenters. The molecule has 1 heterocycles. The largest absolute Gasteiger partial charge is 0.477 e. The van der Waals surface area contributed by atoms with E-state index >= 15 is 0 Å². The summed E-state index contributed by atoms with van der Waals surface area (Å²) in [6.45, 7) is 0.